The van der Waals surface area contributed by atoms with Crippen molar-refractivity contribution in [3.8, 4) is 12.3 Å². The third kappa shape index (κ3) is 3.25. The van der Waals surface area contributed by atoms with Crippen LogP contribution in [0.1, 0.15) is 32.1 Å². The molecule has 0 aromatic rings. The Hall–Kier alpha value is -0.520. The Morgan fingerprint density at radius 2 is 2.00 bits per heavy atom. The Kier molecular flexibility index (Phi) is 4.13. The van der Waals surface area contributed by atoms with Crippen LogP contribution in [0.4, 0.5) is 0 Å². The van der Waals surface area contributed by atoms with Gasteiger partial charge in [0.05, 0.1) is 12.7 Å². The summed E-state index contributed by atoms with van der Waals surface area (Å²) in [5.74, 6) is 2.57. The van der Waals surface area contributed by atoms with E-state index in [0.717, 1.165) is 32.1 Å². The summed E-state index contributed by atoms with van der Waals surface area (Å²) >= 11 is 0. The SMILES string of the molecule is C#CCCOC1CCC(N)CC1. The molecular formula is C10H17NO. The molecule has 0 aliphatic heterocycles. The number of hydrogen-bond donors (Lipinski definition) is 1. The molecule has 2 nitrogen and oxygen atoms in total. The highest BCUT2D eigenvalue weighted by atomic mass is 16.5. The first kappa shape index (κ1) is 9.57. The van der Waals surface area contributed by atoms with Gasteiger partial charge >= 0.3 is 0 Å². The van der Waals surface area contributed by atoms with E-state index in [1.54, 1.807) is 0 Å². The van der Waals surface area contributed by atoms with E-state index in [1.807, 2.05) is 0 Å². The van der Waals surface area contributed by atoms with Gasteiger partial charge in [0.15, 0.2) is 0 Å². The monoisotopic (exact) mass is 167 g/mol. The van der Waals surface area contributed by atoms with E-state index >= 15 is 0 Å². The molecule has 68 valence electrons. The number of rotatable bonds is 3. The van der Waals surface area contributed by atoms with Crippen molar-refractivity contribution in [2.45, 2.75) is 44.2 Å². The van der Waals surface area contributed by atoms with Crippen molar-refractivity contribution < 1.29 is 4.74 Å². The van der Waals surface area contributed by atoms with Crippen molar-refractivity contribution in [3.05, 3.63) is 0 Å². The lowest BCUT2D eigenvalue weighted by molar-refractivity contribution is 0.0286. The van der Waals surface area contributed by atoms with Gasteiger partial charge in [0.25, 0.3) is 0 Å². The normalized spacial score (nSPS) is 29.7. The summed E-state index contributed by atoms with van der Waals surface area (Å²) in [5.41, 5.74) is 5.76. The molecule has 0 aromatic heterocycles. The first-order valence-electron chi connectivity index (χ1n) is 4.63. The van der Waals surface area contributed by atoms with E-state index in [1.165, 1.54) is 0 Å². The molecule has 1 saturated carbocycles. The minimum atomic E-state index is 0.400. The topological polar surface area (TPSA) is 35.2 Å². The van der Waals surface area contributed by atoms with Crippen LogP contribution >= 0.6 is 0 Å². The van der Waals surface area contributed by atoms with Crippen LogP contribution in [0.2, 0.25) is 0 Å². The molecule has 1 fully saturated rings. The number of ether oxygens (including phenoxy) is 1. The molecule has 0 atom stereocenters. The maximum atomic E-state index is 5.76. The highest BCUT2D eigenvalue weighted by molar-refractivity contribution is 4.83. The Morgan fingerprint density at radius 1 is 1.33 bits per heavy atom. The van der Waals surface area contributed by atoms with Gasteiger partial charge in [0, 0.05) is 12.5 Å². The van der Waals surface area contributed by atoms with Crippen molar-refractivity contribution in [2.24, 2.45) is 5.73 Å². The second-order valence-electron chi connectivity index (χ2n) is 3.36. The summed E-state index contributed by atoms with van der Waals surface area (Å²) in [4.78, 5) is 0. The molecule has 0 aromatic carbocycles. The maximum Gasteiger partial charge on any atom is 0.0579 e. The second kappa shape index (κ2) is 5.18. The largest absolute Gasteiger partial charge is 0.377 e. The smallest absolute Gasteiger partial charge is 0.0579 e. The van der Waals surface area contributed by atoms with Crippen LogP contribution in [-0.2, 0) is 4.74 Å². The molecule has 0 unspecified atom stereocenters. The zero-order valence-electron chi connectivity index (χ0n) is 7.46. The van der Waals surface area contributed by atoms with Crippen molar-refractivity contribution in [1.29, 1.82) is 0 Å². The summed E-state index contributed by atoms with van der Waals surface area (Å²) in [6.45, 7) is 0.705. The molecule has 1 aliphatic carbocycles. The zero-order valence-corrected chi connectivity index (χ0v) is 7.46. The third-order valence-corrected chi connectivity index (χ3v) is 2.32. The van der Waals surface area contributed by atoms with Crippen LogP contribution in [0.3, 0.4) is 0 Å². The Labute approximate surface area is 74.5 Å². The molecule has 0 bridgehead atoms. The van der Waals surface area contributed by atoms with Crippen LogP contribution < -0.4 is 5.73 Å². The molecule has 2 heteroatoms. The quantitative estimate of drug-likeness (QED) is 0.508. The highest BCUT2D eigenvalue weighted by Crippen LogP contribution is 2.19. The molecule has 0 saturated heterocycles. The number of terminal acetylenes is 1. The molecule has 12 heavy (non-hydrogen) atoms. The average molecular weight is 167 g/mol. The van der Waals surface area contributed by atoms with Gasteiger partial charge in [-0.25, -0.2) is 0 Å². The summed E-state index contributed by atoms with van der Waals surface area (Å²) in [6.07, 6.45) is 10.7. The van der Waals surface area contributed by atoms with E-state index in [0.29, 0.717) is 18.8 Å². The van der Waals surface area contributed by atoms with Gasteiger partial charge in [-0.05, 0) is 25.7 Å². The number of nitrogens with two attached hydrogens (primary N) is 1. The van der Waals surface area contributed by atoms with Gasteiger partial charge in [-0.2, -0.15) is 0 Å². The first-order valence-corrected chi connectivity index (χ1v) is 4.63. The minimum Gasteiger partial charge on any atom is -0.377 e. The molecule has 0 heterocycles. The fraction of sp³-hybridized carbons (Fsp3) is 0.800. The molecule has 1 rings (SSSR count). The van der Waals surface area contributed by atoms with Crippen LogP contribution in [0, 0.1) is 12.3 Å². The van der Waals surface area contributed by atoms with E-state index in [4.69, 9.17) is 16.9 Å². The zero-order chi connectivity index (χ0) is 8.81. The summed E-state index contributed by atoms with van der Waals surface area (Å²) in [6, 6.07) is 0.400. The standard InChI is InChI=1S/C10H17NO/c1-2-3-8-12-10-6-4-9(11)5-7-10/h1,9-10H,3-8,11H2. The average Bonchev–Trinajstić information content (AvgIpc) is 2.09. The Balaban J connectivity index is 2.06. The van der Waals surface area contributed by atoms with Crippen molar-refractivity contribution in [1.82, 2.24) is 0 Å². The van der Waals surface area contributed by atoms with E-state index < -0.39 is 0 Å². The second-order valence-corrected chi connectivity index (χ2v) is 3.36. The fourth-order valence-corrected chi connectivity index (χ4v) is 1.54. The Bertz CT molecular complexity index is 154. The van der Waals surface area contributed by atoms with Crippen molar-refractivity contribution >= 4 is 0 Å². The lowest BCUT2D eigenvalue weighted by atomic mass is 9.94. The lowest BCUT2D eigenvalue weighted by Gasteiger charge is -2.25. The van der Waals surface area contributed by atoms with Gasteiger partial charge in [-0.1, -0.05) is 0 Å². The van der Waals surface area contributed by atoms with E-state index in [-0.39, 0.29) is 0 Å². The van der Waals surface area contributed by atoms with Gasteiger partial charge in [-0.3, -0.25) is 0 Å². The number of hydrogen-bond acceptors (Lipinski definition) is 2. The first-order chi connectivity index (χ1) is 5.83. The van der Waals surface area contributed by atoms with E-state index in [2.05, 4.69) is 5.92 Å². The van der Waals surface area contributed by atoms with Gasteiger partial charge in [-0.15, -0.1) is 12.3 Å². The van der Waals surface area contributed by atoms with Crippen LogP contribution in [0.15, 0.2) is 0 Å². The van der Waals surface area contributed by atoms with Gasteiger partial charge in [0.1, 0.15) is 0 Å². The Morgan fingerprint density at radius 3 is 2.58 bits per heavy atom. The maximum absolute atomic E-state index is 5.76. The molecule has 1 aliphatic rings. The predicted molar refractivity (Wildman–Crippen MR) is 49.6 cm³/mol. The lowest BCUT2D eigenvalue weighted by Crippen LogP contribution is -2.30. The van der Waals surface area contributed by atoms with Crippen LogP contribution in [-0.4, -0.2) is 18.8 Å². The van der Waals surface area contributed by atoms with Crippen molar-refractivity contribution in [3.63, 3.8) is 0 Å². The van der Waals surface area contributed by atoms with Gasteiger partial charge in [0.2, 0.25) is 0 Å². The molecule has 0 spiro atoms. The molecule has 0 radical (unpaired) electrons. The third-order valence-electron chi connectivity index (χ3n) is 2.32. The fourth-order valence-electron chi connectivity index (χ4n) is 1.54. The molecular weight excluding hydrogens is 150 g/mol. The summed E-state index contributed by atoms with van der Waals surface area (Å²) < 4.78 is 5.57. The van der Waals surface area contributed by atoms with Crippen LogP contribution in [0.5, 0.6) is 0 Å². The predicted octanol–water partition coefficient (Wildman–Crippen LogP) is 1.30. The summed E-state index contributed by atoms with van der Waals surface area (Å²) in [5, 5.41) is 0. The van der Waals surface area contributed by atoms with Gasteiger partial charge < -0.3 is 10.5 Å². The van der Waals surface area contributed by atoms with Crippen molar-refractivity contribution in [2.75, 3.05) is 6.61 Å². The summed E-state index contributed by atoms with van der Waals surface area (Å²) in [7, 11) is 0. The van der Waals surface area contributed by atoms with E-state index in [9.17, 15) is 0 Å². The molecule has 2 N–H and O–H groups in total. The highest BCUT2D eigenvalue weighted by Gasteiger charge is 2.18. The minimum absolute atomic E-state index is 0.400. The molecule has 0 amide bonds. The van der Waals surface area contributed by atoms with Crippen LogP contribution in [0.25, 0.3) is 0 Å².